The Balaban J connectivity index is 1.51. The van der Waals surface area contributed by atoms with Gasteiger partial charge in [0.15, 0.2) is 0 Å². The van der Waals surface area contributed by atoms with Crippen molar-refractivity contribution < 1.29 is 4.79 Å². The number of nitrogens with zero attached hydrogens (tertiary/aromatic N) is 3. The summed E-state index contributed by atoms with van der Waals surface area (Å²) in [6.07, 6.45) is 6.17. The number of amides is 1. The second-order valence-electron chi connectivity index (χ2n) is 6.14. The van der Waals surface area contributed by atoms with Crippen molar-refractivity contribution in [3.63, 3.8) is 0 Å². The quantitative estimate of drug-likeness (QED) is 0.803. The summed E-state index contributed by atoms with van der Waals surface area (Å²) in [6, 6.07) is 13.7. The summed E-state index contributed by atoms with van der Waals surface area (Å²) < 4.78 is 1.77. The van der Waals surface area contributed by atoms with Gasteiger partial charge in [0.05, 0.1) is 11.9 Å². The van der Waals surface area contributed by atoms with E-state index in [9.17, 15) is 4.79 Å². The minimum atomic E-state index is 0.00872. The third kappa shape index (κ3) is 2.69. The zero-order valence-corrected chi connectivity index (χ0v) is 13.4. The molecule has 1 fully saturated rings. The van der Waals surface area contributed by atoms with Gasteiger partial charge in [0, 0.05) is 24.4 Å². The summed E-state index contributed by atoms with van der Waals surface area (Å²) in [4.78, 5) is 16.7. The van der Waals surface area contributed by atoms with Crippen LogP contribution in [0.25, 0.3) is 5.69 Å². The third-order valence-electron chi connectivity index (χ3n) is 4.48. The van der Waals surface area contributed by atoms with Crippen molar-refractivity contribution in [2.45, 2.75) is 19.3 Å². The number of carbonyl (C=O) groups is 1. The molecule has 1 amide bonds. The van der Waals surface area contributed by atoms with Crippen molar-refractivity contribution in [1.29, 1.82) is 0 Å². The minimum absolute atomic E-state index is 0.00872. The molecule has 2 aromatic heterocycles. The highest BCUT2D eigenvalue weighted by Crippen LogP contribution is 2.47. The highest BCUT2D eigenvalue weighted by molar-refractivity contribution is 5.94. The van der Waals surface area contributed by atoms with Crippen molar-refractivity contribution in [1.82, 2.24) is 14.8 Å². The number of rotatable bonds is 4. The van der Waals surface area contributed by atoms with Crippen molar-refractivity contribution in [3.05, 3.63) is 72.2 Å². The number of aromatic nitrogens is 3. The van der Waals surface area contributed by atoms with E-state index in [0.717, 1.165) is 23.2 Å². The number of hydrogen-bond acceptors (Lipinski definition) is 3. The molecular weight excluding hydrogens is 300 g/mol. The molecule has 1 aromatic carbocycles. The van der Waals surface area contributed by atoms with Gasteiger partial charge in [-0.15, -0.1) is 0 Å². The van der Waals surface area contributed by atoms with Crippen molar-refractivity contribution in [3.8, 4) is 5.69 Å². The molecule has 24 heavy (non-hydrogen) atoms. The lowest BCUT2D eigenvalue weighted by molar-refractivity contribution is -0.117. The van der Waals surface area contributed by atoms with Crippen molar-refractivity contribution >= 4 is 11.7 Å². The third-order valence-corrected chi connectivity index (χ3v) is 4.48. The molecule has 5 heteroatoms. The molecule has 1 saturated carbocycles. The predicted molar refractivity (Wildman–Crippen MR) is 92.0 cm³/mol. The SMILES string of the molecule is Cc1ccccc1-n1nccc1NC(=O)[C@H]1C[C@@H]1c1cccnc1. The topological polar surface area (TPSA) is 59.8 Å². The predicted octanol–water partition coefficient (Wildman–Crippen LogP) is 3.32. The lowest BCUT2D eigenvalue weighted by Gasteiger charge is -2.11. The standard InChI is InChI=1S/C19H18N4O/c1-13-5-2-3-7-17(13)23-18(8-10-21-23)22-19(24)16-11-15(16)14-6-4-9-20-12-14/h2-10,12,15-16H,11H2,1H3,(H,22,24)/t15-,16+/m1/s1. The van der Waals surface area contributed by atoms with E-state index in [0.29, 0.717) is 5.82 Å². The molecule has 0 unspecified atom stereocenters. The van der Waals surface area contributed by atoms with Gasteiger partial charge >= 0.3 is 0 Å². The Morgan fingerprint density at radius 2 is 2.04 bits per heavy atom. The Morgan fingerprint density at radius 3 is 2.83 bits per heavy atom. The maximum atomic E-state index is 12.6. The van der Waals surface area contributed by atoms with Crippen LogP contribution in [-0.4, -0.2) is 20.7 Å². The van der Waals surface area contributed by atoms with Crippen LogP contribution in [0.2, 0.25) is 0 Å². The van der Waals surface area contributed by atoms with E-state index in [4.69, 9.17) is 0 Å². The van der Waals surface area contributed by atoms with Crippen LogP contribution >= 0.6 is 0 Å². The monoisotopic (exact) mass is 318 g/mol. The van der Waals surface area contributed by atoms with Crippen LogP contribution in [-0.2, 0) is 4.79 Å². The molecule has 3 aromatic rings. The van der Waals surface area contributed by atoms with Gasteiger partial charge < -0.3 is 5.32 Å². The van der Waals surface area contributed by atoms with Gasteiger partial charge in [0.25, 0.3) is 0 Å². The second-order valence-corrected chi connectivity index (χ2v) is 6.14. The Hall–Kier alpha value is -2.95. The number of carbonyl (C=O) groups excluding carboxylic acids is 1. The number of para-hydroxylation sites is 1. The molecule has 0 saturated heterocycles. The number of hydrogen-bond donors (Lipinski definition) is 1. The fraction of sp³-hybridized carbons (Fsp3) is 0.211. The normalized spacial score (nSPS) is 19.0. The Labute approximate surface area is 140 Å². The number of pyridine rings is 1. The van der Waals surface area contributed by atoms with E-state index >= 15 is 0 Å². The lowest BCUT2D eigenvalue weighted by Crippen LogP contribution is -2.17. The van der Waals surface area contributed by atoms with Crippen LogP contribution < -0.4 is 5.32 Å². The first kappa shape index (κ1) is 14.6. The summed E-state index contributed by atoms with van der Waals surface area (Å²) in [5.41, 5.74) is 3.21. The molecule has 0 spiro atoms. The Kier molecular flexibility index (Phi) is 3.61. The molecule has 0 aliphatic heterocycles. The van der Waals surface area contributed by atoms with Crippen LogP contribution in [0.1, 0.15) is 23.5 Å². The smallest absolute Gasteiger partial charge is 0.229 e. The Morgan fingerprint density at radius 1 is 1.17 bits per heavy atom. The van der Waals surface area contributed by atoms with Gasteiger partial charge in [-0.3, -0.25) is 9.78 Å². The Bertz CT molecular complexity index is 872. The first-order valence-corrected chi connectivity index (χ1v) is 8.05. The molecule has 0 radical (unpaired) electrons. The first-order valence-electron chi connectivity index (χ1n) is 8.05. The highest BCUT2D eigenvalue weighted by Gasteiger charge is 2.44. The van der Waals surface area contributed by atoms with Crippen LogP contribution in [0.4, 0.5) is 5.82 Å². The number of benzene rings is 1. The molecule has 1 aliphatic rings. The highest BCUT2D eigenvalue weighted by atomic mass is 16.2. The average Bonchev–Trinajstić information content (AvgIpc) is 3.30. The lowest BCUT2D eigenvalue weighted by atomic mass is 10.1. The van der Waals surface area contributed by atoms with Gasteiger partial charge in [-0.2, -0.15) is 5.10 Å². The maximum Gasteiger partial charge on any atom is 0.229 e. The zero-order chi connectivity index (χ0) is 16.5. The zero-order valence-electron chi connectivity index (χ0n) is 13.4. The van der Waals surface area contributed by atoms with Crippen molar-refractivity contribution in [2.75, 3.05) is 5.32 Å². The fourth-order valence-electron chi connectivity index (χ4n) is 3.06. The molecule has 120 valence electrons. The average molecular weight is 318 g/mol. The van der Waals surface area contributed by atoms with Gasteiger partial charge in [-0.05, 0) is 42.5 Å². The molecule has 0 bridgehead atoms. The van der Waals surface area contributed by atoms with Crippen LogP contribution in [0.15, 0.2) is 61.1 Å². The summed E-state index contributed by atoms with van der Waals surface area (Å²) in [5, 5.41) is 7.37. The van der Waals surface area contributed by atoms with Crippen molar-refractivity contribution in [2.24, 2.45) is 5.92 Å². The van der Waals surface area contributed by atoms with E-state index < -0.39 is 0 Å². The molecular formula is C19H18N4O. The number of aryl methyl sites for hydroxylation is 1. The number of nitrogens with one attached hydrogen (secondary N) is 1. The molecule has 5 nitrogen and oxygen atoms in total. The van der Waals surface area contributed by atoms with Crippen LogP contribution in [0.5, 0.6) is 0 Å². The summed E-state index contributed by atoms with van der Waals surface area (Å²) >= 11 is 0. The minimum Gasteiger partial charge on any atom is -0.310 e. The van der Waals surface area contributed by atoms with Gasteiger partial charge in [0.1, 0.15) is 5.82 Å². The largest absolute Gasteiger partial charge is 0.310 e. The van der Waals surface area contributed by atoms with E-state index in [2.05, 4.69) is 15.4 Å². The van der Waals surface area contributed by atoms with Gasteiger partial charge in [-0.1, -0.05) is 24.3 Å². The summed E-state index contributed by atoms with van der Waals surface area (Å²) in [6.45, 7) is 2.03. The fourth-order valence-corrected chi connectivity index (χ4v) is 3.06. The molecule has 1 aliphatic carbocycles. The summed E-state index contributed by atoms with van der Waals surface area (Å²) in [5.74, 6) is 1.02. The number of anilines is 1. The summed E-state index contributed by atoms with van der Waals surface area (Å²) in [7, 11) is 0. The van der Waals surface area contributed by atoms with E-state index in [1.165, 1.54) is 0 Å². The first-order chi connectivity index (χ1) is 11.7. The van der Waals surface area contributed by atoms with E-state index in [1.54, 1.807) is 17.1 Å². The van der Waals surface area contributed by atoms with Gasteiger partial charge in [0.2, 0.25) is 5.91 Å². The van der Waals surface area contributed by atoms with Gasteiger partial charge in [-0.25, -0.2) is 4.68 Å². The maximum absolute atomic E-state index is 12.6. The molecule has 4 rings (SSSR count). The van der Waals surface area contributed by atoms with E-state index in [1.807, 2.05) is 55.6 Å². The molecule has 2 atom stereocenters. The molecule has 1 N–H and O–H groups in total. The van der Waals surface area contributed by atoms with Crippen LogP contribution in [0.3, 0.4) is 0 Å². The van der Waals surface area contributed by atoms with E-state index in [-0.39, 0.29) is 17.7 Å². The van der Waals surface area contributed by atoms with Crippen LogP contribution in [0, 0.1) is 12.8 Å². The molecule has 2 heterocycles. The second kappa shape index (κ2) is 5.92.